The van der Waals surface area contributed by atoms with Gasteiger partial charge in [-0.1, -0.05) is 0 Å². The molecule has 4 nitrogen and oxygen atoms in total. The van der Waals surface area contributed by atoms with Crippen molar-refractivity contribution in [2.75, 3.05) is 27.2 Å². The number of hydrogen-bond acceptors (Lipinski definition) is 4. The minimum atomic E-state index is -0.494. The second-order valence-corrected chi connectivity index (χ2v) is 4.10. The fraction of sp³-hybridized carbons (Fsp3) is 0.900. The topological polar surface area (TPSA) is 45.5 Å². The van der Waals surface area contributed by atoms with E-state index in [4.69, 9.17) is 14.7 Å². The molecule has 1 saturated heterocycles. The van der Waals surface area contributed by atoms with Crippen molar-refractivity contribution in [2.45, 2.75) is 31.7 Å². The molecule has 0 spiro atoms. The van der Waals surface area contributed by atoms with Gasteiger partial charge in [0.2, 0.25) is 0 Å². The second-order valence-electron chi connectivity index (χ2n) is 4.10. The quantitative estimate of drug-likeness (QED) is 0.675. The molecule has 1 rings (SSSR count). The Labute approximate surface area is 85.4 Å². The second kappa shape index (κ2) is 4.74. The van der Waals surface area contributed by atoms with Crippen LogP contribution < -0.4 is 0 Å². The number of ether oxygens (including phenoxy) is 2. The molecule has 1 aliphatic rings. The van der Waals surface area contributed by atoms with Crippen LogP contribution in [0.1, 0.15) is 19.8 Å². The van der Waals surface area contributed by atoms with Crippen LogP contribution in [0, 0.1) is 11.3 Å². The molecule has 1 aliphatic heterocycles. The first-order valence-electron chi connectivity index (χ1n) is 4.89. The summed E-state index contributed by atoms with van der Waals surface area (Å²) in [6.07, 6.45) is 1.20. The van der Waals surface area contributed by atoms with Crippen molar-refractivity contribution < 1.29 is 9.47 Å². The van der Waals surface area contributed by atoms with Gasteiger partial charge in [0.25, 0.3) is 0 Å². The molecule has 0 saturated carbocycles. The highest BCUT2D eigenvalue weighted by atomic mass is 16.7. The highest BCUT2D eigenvalue weighted by Gasteiger charge is 2.36. The lowest BCUT2D eigenvalue weighted by Gasteiger charge is -2.24. The van der Waals surface area contributed by atoms with Gasteiger partial charge < -0.3 is 14.4 Å². The summed E-state index contributed by atoms with van der Waals surface area (Å²) in [5.41, 5.74) is 0. The van der Waals surface area contributed by atoms with Crippen LogP contribution in [-0.2, 0) is 9.47 Å². The van der Waals surface area contributed by atoms with Crippen molar-refractivity contribution in [3.8, 4) is 6.07 Å². The largest absolute Gasteiger partial charge is 0.347 e. The van der Waals surface area contributed by atoms with Crippen LogP contribution in [0.3, 0.4) is 0 Å². The normalized spacial score (nSPS) is 32.1. The van der Waals surface area contributed by atoms with Crippen LogP contribution in [0.4, 0.5) is 0 Å². The molecule has 0 aromatic heterocycles. The Morgan fingerprint density at radius 1 is 1.57 bits per heavy atom. The number of rotatable bonds is 4. The van der Waals surface area contributed by atoms with E-state index in [9.17, 15) is 0 Å². The lowest BCUT2D eigenvalue weighted by molar-refractivity contribution is -0.159. The molecule has 0 radical (unpaired) electrons. The molecule has 0 aliphatic carbocycles. The number of nitrogens with zero attached hydrogens (tertiary/aromatic N) is 2. The van der Waals surface area contributed by atoms with Gasteiger partial charge in [-0.25, -0.2) is 0 Å². The van der Waals surface area contributed by atoms with Crippen LogP contribution in [0.2, 0.25) is 0 Å². The lowest BCUT2D eigenvalue weighted by Crippen LogP contribution is -2.31. The Bertz CT molecular complexity index is 225. The Morgan fingerprint density at radius 2 is 2.29 bits per heavy atom. The maximum atomic E-state index is 8.52. The molecule has 4 heteroatoms. The van der Waals surface area contributed by atoms with Crippen molar-refractivity contribution in [2.24, 2.45) is 0 Å². The predicted molar refractivity (Wildman–Crippen MR) is 52.6 cm³/mol. The van der Waals surface area contributed by atoms with Crippen molar-refractivity contribution in [1.29, 1.82) is 5.26 Å². The molecule has 0 aromatic carbocycles. The monoisotopic (exact) mass is 198 g/mol. The summed E-state index contributed by atoms with van der Waals surface area (Å²) in [6, 6.07) is 2.10. The molecule has 2 unspecified atom stereocenters. The molecule has 80 valence electrons. The van der Waals surface area contributed by atoms with Gasteiger partial charge >= 0.3 is 0 Å². The van der Waals surface area contributed by atoms with Crippen LogP contribution in [0.5, 0.6) is 0 Å². The van der Waals surface area contributed by atoms with Gasteiger partial charge in [-0.3, -0.25) is 0 Å². The molecular weight excluding hydrogens is 180 g/mol. The van der Waals surface area contributed by atoms with E-state index in [0.29, 0.717) is 13.0 Å². The van der Waals surface area contributed by atoms with Gasteiger partial charge in [0.1, 0.15) is 0 Å². The fourth-order valence-corrected chi connectivity index (χ4v) is 1.45. The molecule has 0 aromatic rings. The fourth-order valence-electron chi connectivity index (χ4n) is 1.45. The van der Waals surface area contributed by atoms with E-state index in [1.54, 1.807) is 0 Å². The zero-order chi connectivity index (χ0) is 10.6. The standard InChI is InChI=1S/C10H18N2O2/c1-10(5-7-12(2)3)13-8-9(14-10)4-6-11/h9H,4-5,7-8H2,1-3H3. The van der Waals surface area contributed by atoms with E-state index in [-0.39, 0.29) is 6.10 Å². The molecular formula is C10H18N2O2. The molecule has 1 heterocycles. The molecule has 2 atom stereocenters. The average molecular weight is 198 g/mol. The van der Waals surface area contributed by atoms with Crippen LogP contribution >= 0.6 is 0 Å². The van der Waals surface area contributed by atoms with Crippen LogP contribution in [0.15, 0.2) is 0 Å². The van der Waals surface area contributed by atoms with Gasteiger partial charge in [0.05, 0.1) is 25.2 Å². The van der Waals surface area contributed by atoms with Crippen LogP contribution in [0.25, 0.3) is 0 Å². The number of nitriles is 1. The Hall–Kier alpha value is -0.630. The third-order valence-electron chi connectivity index (χ3n) is 2.32. The molecule has 0 N–H and O–H groups in total. The lowest BCUT2D eigenvalue weighted by atomic mass is 10.2. The maximum absolute atomic E-state index is 8.52. The first-order chi connectivity index (χ1) is 6.56. The average Bonchev–Trinajstić information content (AvgIpc) is 2.46. The summed E-state index contributed by atoms with van der Waals surface area (Å²) in [5, 5.41) is 8.52. The third kappa shape index (κ3) is 3.26. The first-order valence-corrected chi connectivity index (χ1v) is 4.89. The summed E-state index contributed by atoms with van der Waals surface area (Å²) in [5.74, 6) is -0.494. The van der Waals surface area contributed by atoms with E-state index in [1.807, 2.05) is 21.0 Å². The zero-order valence-corrected chi connectivity index (χ0v) is 9.12. The van der Waals surface area contributed by atoms with Crippen LogP contribution in [-0.4, -0.2) is 44.0 Å². The highest BCUT2D eigenvalue weighted by Crippen LogP contribution is 2.27. The summed E-state index contributed by atoms with van der Waals surface area (Å²) in [7, 11) is 4.04. The van der Waals surface area contributed by atoms with Gasteiger partial charge in [-0.15, -0.1) is 0 Å². The molecule has 14 heavy (non-hydrogen) atoms. The number of hydrogen-bond donors (Lipinski definition) is 0. The van der Waals surface area contributed by atoms with E-state index in [2.05, 4.69) is 11.0 Å². The van der Waals surface area contributed by atoms with E-state index >= 15 is 0 Å². The van der Waals surface area contributed by atoms with Gasteiger partial charge in [-0.2, -0.15) is 5.26 Å². The van der Waals surface area contributed by atoms with Gasteiger partial charge in [0.15, 0.2) is 5.79 Å². The highest BCUT2D eigenvalue weighted by molar-refractivity contribution is 4.83. The Kier molecular flexibility index (Phi) is 3.87. The van der Waals surface area contributed by atoms with Gasteiger partial charge in [0, 0.05) is 13.0 Å². The minimum absolute atomic E-state index is 0.0489. The minimum Gasteiger partial charge on any atom is -0.347 e. The van der Waals surface area contributed by atoms with E-state index in [1.165, 1.54) is 0 Å². The summed E-state index contributed by atoms with van der Waals surface area (Å²) in [6.45, 7) is 3.40. The maximum Gasteiger partial charge on any atom is 0.167 e. The van der Waals surface area contributed by atoms with Crippen molar-refractivity contribution >= 4 is 0 Å². The molecule has 0 bridgehead atoms. The Morgan fingerprint density at radius 3 is 2.86 bits per heavy atom. The Balaban J connectivity index is 2.34. The van der Waals surface area contributed by atoms with Gasteiger partial charge in [-0.05, 0) is 21.0 Å². The molecule has 0 amide bonds. The zero-order valence-electron chi connectivity index (χ0n) is 9.12. The summed E-state index contributed by atoms with van der Waals surface area (Å²) >= 11 is 0. The van der Waals surface area contributed by atoms with E-state index in [0.717, 1.165) is 13.0 Å². The van der Waals surface area contributed by atoms with E-state index < -0.39 is 5.79 Å². The van der Waals surface area contributed by atoms with Crippen molar-refractivity contribution in [1.82, 2.24) is 4.90 Å². The predicted octanol–water partition coefficient (Wildman–Crippen LogP) is 0.983. The van der Waals surface area contributed by atoms with Crippen molar-refractivity contribution in [3.05, 3.63) is 0 Å². The summed E-state index contributed by atoms with van der Waals surface area (Å²) < 4.78 is 11.2. The third-order valence-corrected chi connectivity index (χ3v) is 2.32. The van der Waals surface area contributed by atoms with Crippen molar-refractivity contribution in [3.63, 3.8) is 0 Å². The smallest absolute Gasteiger partial charge is 0.167 e. The SMILES string of the molecule is CN(C)CCC1(C)OCC(CC#N)O1. The molecule has 1 fully saturated rings. The summed E-state index contributed by atoms with van der Waals surface area (Å²) in [4.78, 5) is 2.09. The first kappa shape index (κ1) is 11.4.